The van der Waals surface area contributed by atoms with Crippen LogP contribution in [0.15, 0.2) is 36.4 Å². The van der Waals surface area contributed by atoms with Crippen LogP contribution in [0, 0.1) is 13.8 Å². The van der Waals surface area contributed by atoms with E-state index in [-0.39, 0.29) is 5.56 Å². The zero-order chi connectivity index (χ0) is 21.3. The van der Waals surface area contributed by atoms with Crippen LogP contribution in [0.2, 0.25) is 0 Å². The fourth-order valence-electron chi connectivity index (χ4n) is 3.23. The first-order valence-electron chi connectivity index (χ1n) is 9.26. The van der Waals surface area contributed by atoms with Crippen molar-refractivity contribution in [3.05, 3.63) is 58.7 Å². The van der Waals surface area contributed by atoms with Crippen molar-refractivity contribution in [3.8, 4) is 0 Å². The number of nitrogens with zero attached hydrogens (tertiary/aromatic N) is 1. The summed E-state index contributed by atoms with van der Waals surface area (Å²) in [5.74, 6) is -1.05. The van der Waals surface area contributed by atoms with Crippen molar-refractivity contribution in [2.24, 2.45) is 0 Å². The van der Waals surface area contributed by atoms with E-state index in [0.29, 0.717) is 24.3 Å². The van der Waals surface area contributed by atoms with Gasteiger partial charge in [-0.2, -0.15) is 0 Å². The number of ether oxygens (including phenoxy) is 1. The first-order chi connectivity index (χ1) is 13.6. The van der Waals surface area contributed by atoms with Gasteiger partial charge in [-0.1, -0.05) is 12.1 Å². The summed E-state index contributed by atoms with van der Waals surface area (Å²) in [5, 5.41) is 2.78. The average Bonchev–Trinajstić information content (AvgIpc) is 3.08. The number of nitrogens with one attached hydrogen (secondary N) is 1. The molecule has 3 rings (SSSR count). The topological polar surface area (TPSA) is 92.8 Å². The van der Waals surface area contributed by atoms with Gasteiger partial charge in [0.2, 0.25) is 10.0 Å². The molecule has 8 heteroatoms. The fraction of sp³-hybridized carbons (Fsp3) is 0.333. The summed E-state index contributed by atoms with van der Waals surface area (Å²) in [6, 6.07) is 10.5. The molecular weight excluding hydrogens is 392 g/mol. The third-order valence-electron chi connectivity index (χ3n) is 4.87. The summed E-state index contributed by atoms with van der Waals surface area (Å²) >= 11 is 0. The Morgan fingerprint density at radius 2 is 1.86 bits per heavy atom. The van der Waals surface area contributed by atoms with Gasteiger partial charge in [-0.3, -0.25) is 9.10 Å². The number of aryl methyl sites for hydroxylation is 2. The number of carbonyl (C=O) groups excluding carboxylic acids is 2. The van der Waals surface area contributed by atoms with Gasteiger partial charge in [-0.25, -0.2) is 13.2 Å². The lowest BCUT2D eigenvalue weighted by molar-refractivity contribution is -0.123. The van der Waals surface area contributed by atoms with Crippen LogP contribution in [-0.4, -0.2) is 39.2 Å². The number of esters is 1. The SMILES string of the molecule is Cc1ccc(C)c(NC(=O)C(C)OC(=O)c2ccc3c(c2)CCN3S(C)(=O)=O)c1. The molecule has 0 saturated carbocycles. The van der Waals surface area contributed by atoms with Gasteiger partial charge in [0, 0.05) is 12.2 Å². The van der Waals surface area contributed by atoms with E-state index in [0.717, 1.165) is 22.9 Å². The number of fused-ring (bicyclic) bond motifs is 1. The Morgan fingerprint density at radius 1 is 1.14 bits per heavy atom. The molecule has 0 bridgehead atoms. The number of rotatable bonds is 5. The summed E-state index contributed by atoms with van der Waals surface area (Å²) in [6.07, 6.45) is 0.690. The first kappa shape index (κ1) is 20.9. The van der Waals surface area contributed by atoms with E-state index in [1.54, 1.807) is 12.1 Å². The summed E-state index contributed by atoms with van der Waals surface area (Å²) in [6.45, 7) is 5.67. The van der Waals surface area contributed by atoms with Gasteiger partial charge in [-0.05, 0) is 68.1 Å². The lowest BCUT2D eigenvalue weighted by Gasteiger charge is -2.17. The molecule has 2 aromatic rings. The Kier molecular flexibility index (Phi) is 5.66. The molecule has 1 heterocycles. The van der Waals surface area contributed by atoms with Gasteiger partial charge in [0.05, 0.1) is 17.5 Å². The lowest BCUT2D eigenvalue weighted by atomic mass is 10.1. The van der Waals surface area contributed by atoms with Gasteiger partial charge in [0.15, 0.2) is 6.10 Å². The molecule has 2 aromatic carbocycles. The summed E-state index contributed by atoms with van der Waals surface area (Å²) < 4.78 is 30.3. The first-order valence-corrected chi connectivity index (χ1v) is 11.1. The second-order valence-electron chi connectivity index (χ2n) is 7.28. The van der Waals surface area contributed by atoms with Crippen molar-refractivity contribution in [3.63, 3.8) is 0 Å². The number of anilines is 2. The van der Waals surface area contributed by atoms with Crippen LogP contribution < -0.4 is 9.62 Å². The second-order valence-corrected chi connectivity index (χ2v) is 9.19. The molecule has 1 aliphatic heterocycles. The molecule has 7 nitrogen and oxygen atoms in total. The highest BCUT2D eigenvalue weighted by molar-refractivity contribution is 7.92. The Morgan fingerprint density at radius 3 is 2.55 bits per heavy atom. The minimum Gasteiger partial charge on any atom is -0.449 e. The van der Waals surface area contributed by atoms with Crippen LogP contribution >= 0.6 is 0 Å². The number of carbonyl (C=O) groups is 2. The van der Waals surface area contributed by atoms with Crippen molar-refractivity contribution in [2.75, 3.05) is 22.4 Å². The smallest absolute Gasteiger partial charge is 0.338 e. The van der Waals surface area contributed by atoms with Crippen LogP contribution in [0.1, 0.15) is 34.0 Å². The average molecular weight is 416 g/mol. The highest BCUT2D eigenvalue weighted by atomic mass is 32.2. The van der Waals surface area contributed by atoms with Crippen LogP contribution in [0.4, 0.5) is 11.4 Å². The van der Waals surface area contributed by atoms with Crippen LogP contribution in [-0.2, 0) is 26.0 Å². The van der Waals surface area contributed by atoms with Gasteiger partial charge >= 0.3 is 5.97 Å². The van der Waals surface area contributed by atoms with E-state index in [1.165, 1.54) is 17.3 Å². The highest BCUT2D eigenvalue weighted by Gasteiger charge is 2.27. The molecule has 1 unspecified atom stereocenters. The van der Waals surface area contributed by atoms with Gasteiger partial charge in [0.25, 0.3) is 5.91 Å². The van der Waals surface area contributed by atoms with E-state index in [2.05, 4.69) is 5.32 Å². The van der Waals surface area contributed by atoms with E-state index in [1.807, 2.05) is 32.0 Å². The molecule has 0 aliphatic carbocycles. The van der Waals surface area contributed by atoms with Crippen molar-refractivity contribution in [2.45, 2.75) is 33.3 Å². The van der Waals surface area contributed by atoms with Crippen molar-refractivity contribution < 1.29 is 22.7 Å². The summed E-state index contributed by atoms with van der Waals surface area (Å²) in [4.78, 5) is 24.9. The van der Waals surface area contributed by atoms with Crippen molar-refractivity contribution >= 4 is 33.3 Å². The molecule has 1 amide bonds. The number of hydrogen-bond donors (Lipinski definition) is 1. The minimum atomic E-state index is -3.35. The Balaban J connectivity index is 1.69. The molecule has 0 aromatic heterocycles. The second kappa shape index (κ2) is 7.87. The number of sulfonamides is 1. The quantitative estimate of drug-likeness (QED) is 0.757. The van der Waals surface area contributed by atoms with Gasteiger partial charge in [0.1, 0.15) is 0 Å². The molecule has 0 fully saturated rings. The maximum atomic E-state index is 12.5. The normalized spacial score (nSPS) is 14.3. The Bertz CT molecular complexity index is 1080. The third-order valence-corrected chi connectivity index (χ3v) is 6.05. The van der Waals surface area contributed by atoms with Gasteiger partial charge in [-0.15, -0.1) is 0 Å². The van der Waals surface area contributed by atoms with Gasteiger partial charge < -0.3 is 10.1 Å². The molecule has 0 spiro atoms. The van der Waals surface area contributed by atoms with E-state index < -0.39 is 28.0 Å². The van der Waals surface area contributed by atoms with E-state index in [9.17, 15) is 18.0 Å². The fourth-order valence-corrected chi connectivity index (χ4v) is 4.19. The monoisotopic (exact) mass is 416 g/mol. The number of benzene rings is 2. The molecule has 1 aliphatic rings. The predicted molar refractivity (Wildman–Crippen MR) is 112 cm³/mol. The summed E-state index contributed by atoms with van der Waals surface area (Å²) in [5.41, 5.74) is 4.22. The minimum absolute atomic E-state index is 0.283. The van der Waals surface area contributed by atoms with E-state index >= 15 is 0 Å². The zero-order valence-electron chi connectivity index (χ0n) is 16.9. The van der Waals surface area contributed by atoms with E-state index in [4.69, 9.17) is 4.74 Å². The molecule has 1 atom stereocenters. The maximum Gasteiger partial charge on any atom is 0.338 e. The molecule has 29 heavy (non-hydrogen) atoms. The zero-order valence-corrected chi connectivity index (χ0v) is 17.7. The maximum absolute atomic E-state index is 12.5. The van der Waals surface area contributed by atoms with Crippen molar-refractivity contribution in [1.29, 1.82) is 0 Å². The lowest BCUT2D eigenvalue weighted by Crippen LogP contribution is -2.30. The highest BCUT2D eigenvalue weighted by Crippen LogP contribution is 2.31. The van der Waals surface area contributed by atoms with Crippen LogP contribution in [0.25, 0.3) is 0 Å². The Labute approximate surface area is 170 Å². The Hall–Kier alpha value is -2.87. The van der Waals surface area contributed by atoms with Crippen LogP contribution in [0.5, 0.6) is 0 Å². The molecular formula is C21H24N2O5S. The van der Waals surface area contributed by atoms with Crippen molar-refractivity contribution in [1.82, 2.24) is 0 Å². The largest absolute Gasteiger partial charge is 0.449 e. The number of hydrogen-bond acceptors (Lipinski definition) is 5. The van der Waals surface area contributed by atoms with Crippen LogP contribution in [0.3, 0.4) is 0 Å². The standard InChI is InChI=1S/C21H24N2O5S/c1-13-5-6-14(2)18(11-13)22-20(24)15(3)28-21(25)17-7-8-19-16(12-17)9-10-23(19)29(4,26)27/h5-8,11-12,15H,9-10H2,1-4H3,(H,22,24). The molecule has 154 valence electrons. The summed E-state index contributed by atoms with van der Waals surface area (Å²) in [7, 11) is -3.35. The predicted octanol–water partition coefficient (Wildman–Crippen LogP) is 2.81. The molecule has 1 N–H and O–H groups in total. The third kappa shape index (κ3) is 4.59. The molecule has 0 saturated heterocycles. The number of amides is 1. The molecule has 0 radical (unpaired) electrons.